The van der Waals surface area contributed by atoms with Gasteiger partial charge in [0, 0.05) is 30.7 Å². The van der Waals surface area contributed by atoms with Gasteiger partial charge in [0.15, 0.2) is 6.10 Å². The van der Waals surface area contributed by atoms with Gasteiger partial charge in [-0.15, -0.1) is 0 Å². The lowest BCUT2D eigenvalue weighted by Crippen LogP contribution is -2.30. The van der Waals surface area contributed by atoms with Crippen molar-refractivity contribution >= 4 is 29.8 Å². The minimum Gasteiger partial charge on any atom is -0.478 e. The zero-order valence-corrected chi connectivity index (χ0v) is 23.0. The smallest absolute Gasteiger partial charge is 0.331 e. The molecule has 0 aromatic rings. The van der Waals surface area contributed by atoms with Gasteiger partial charge in [-0.05, 0) is 32.1 Å². The lowest BCUT2D eigenvalue weighted by molar-refractivity contribution is -0.162. The summed E-state index contributed by atoms with van der Waals surface area (Å²) < 4.78 is 14.9. The normalized spacial score (nSPS) is 12.1. The lowest BCUT2D eigenvalue weighted by atomic mass is 10.1. The second kappa shape index (κ2) is 24.9. The van der Waals surface area contributed by atoms with E-state index in [2.05, 4.69) is 19.1 Å². The van der Waals surface area contributed by atoms with Crippen LogP contribution in [0.4, 0.5) is 0 Å². The van der Waals surface area contributed by atoms with E-state index in [0.29, 0.717) is 30.7 Å². The van der Waals surface area contributed by atoms with Gasteiger partial charge in [-0.2, -0.15) is 0 Å². The van der Waals surface area contributed by atoms with E-state index in [1.807, 2.05) is 0 Å². The third kappa shape index (κ3) is 26.0. The zero-order valence-electron chi connectivity index (χ0n) is 23.0. The molecule has 0 fully saturated rings. The fraction of sp³-hybridized carbons (Fsp3) is 0.621. The minimum atomic E-state index is -1.36. The minimum absolute atomic E-state index is 0.179. The first kappa shape index (κ1) is 35.6. The van der Waals surface area contributed by atoms with E-state index in [9.17, 15) is 24.0 Å². The maximum absolute atomic E-state index is 12.1. The van der Waals surface area contributed by atoms with Crippen molar-refractivity contribution < 1.29 is 48.4 Å². The van der Waals surface area contributed by atoms with E-state index >= 15 is 0 Å². The molecule has 1 unspecified atom stereocenters. The Hall–Kier alpha value is -3.43. The van der Waals surface area contributed by atoms with Gasteiger partial charge in [0.1, 0.15) is 13.2 Å². The molecule has 39 heavy (non-hydrogen) atoms. The van der Waals surface area contributed by atoms with Crippen molar-refractivity contribution in [2.75, 3.05) is 13.2 Å². The molecule has 10 heteroatoms. The largest absolute Gasteiger partial charge is 0.478 e. The topological polar surface area (TPSA) is 154 Å². The highest BCUT2D eigenvalue weighted by molar-refractivity contribution is 5.91. The number of allylic oxidation sites excluding steroid dienone is 2. The molecule has 0 rings (SSSR count). The summed E-state index contributed by atoms with van der Waals surface area (Å²) in [6.45, 7) is 1.30. The Bertz CT molecular complexity index is 813. The number of esters is 3. The van der Waals surface area contributed by atoms with Crippen molar-refractivity contribution in [1.29, 1.82) is 0 Å². The summed E-state index contributed by atoms with van der Waals surface area (Å²) in [6.07, 6.45) is 20.8. The first-order valence-electron chi connectivity index (χ1n) is 13.7. The fourth-order valence-corrected chi connectivity index (χ4v) is 3.42. The summed E-state index contributed by atoms with van der Waals surface area (Å²) in [5.74, 6) is -5.25. The number of aliphatic carboxylic acids is 2. The lowest BCUT2D eigenvalue weighted by Gasteiger charge is -2.17. The van der Waals surface area contributed by atoms with Crippen LogP contribution in [0.2, 0.25) is 0 Å². The highest BCUT2D eigenvalue weighted by Crippen LogP contribution is 2.10. The molecule has 0 amide bonds. The van der Waals surface area contributed by atoms with E-state index in [1.54, 1.807) is 0 Å². The van der Waals surface area contributed by atoms with Crippen molar-refractivity contribution in [2.45, 2.75) is 103 Å². The molecule has 1 atom stereocenters. The Balaban J connectivity index is 4.14. The van der Waals surface area contributed by atoms with Gasteiger partial charge < -0.3 is 24.4 Å². The monoisotopic (exact) mass is 552 g/mol. The second-order valence-electron chi connectivity index (χ2n) is 9.05. The summed E-state index contributed by atoms with van der Waals surface area (Å²) in [5, 5.41) is 17.1. The number of hydrogen-bond acceptors (Lipinski definition) is 8. The first-order chi connectivity index (χ1) is 18.7. The Morgan fingerprint density at radius 2 is 1.10 bits per heavy atom. The Labute approximate surface area is 231 Å². The van der Waals surface area contributed by atoms with Crippen LogP contribution in [0.1, 0.15) is 96.8 Å². The molecule has 0 aromatic carbocycles. The summed E-state index contributed by atoms with van der Waals surface area (Å²) in [5.41, 5.74) is 0. The molecular weight excluding hydrogens is 508 g/mol. The second-order valence-corrected chi connectivity index (χ2v) is 9.05. The maximum Gasteiger partial charge on any atom is 0.331 e. The van der Waals surface area contributed by atoms with Gasteiger partial charge in [0.2, 0.25) is 0 Å². The summed E-state index contributed by atoms with van der Waals surface area (Å²) >= 11 is 0. The van der Waals surface area contributed by atoms with E-state index in [-0.39, 0.29) is 6.42 Å². The van der Waals surface area contributed by atoms with E-state index in [1.165, 1.54) is 38.5 Å². The van der Waals surface area contributed by atoms with Crippen molar-refractivity contribution in [3.05, 3.63) is 36.5 Å². The summed E-state index contributed by atoms with van der Waals surface area (Å²) in [6, 6.07) is 0. The van der Waals surface area contributed by atoms with Crippen LogP contribution in [0.25, 0.3) is 0 Å². The molecule has 10 nitrogen and oxygen atoms in total. The highest BCUT2D eigenvalue weighted by Gasteiger charge is 2.18. The number of carboxylic acids is 2. The van der Waals surface area contributed by atoms with Crippen LogP contribution < -0.4 is 0 Å². The first-order valence-corrected chi connectivity index (χ1v) is 13.7. The zero-order chi connectivity index (χ0) is 29.1. The van der Waals surface area contributed by atoms with Crippen LogP contribution in [0.3, 0.4) is 0 Å². The number of carbonyl (C=O) groups is 5. The molecule has 0 aliphatic heterocycles. The molecule has 0 bridgehead atoms. The standard InChI is InChI=1S/C29H44O10/c1-2-3-4-5-6-7-8-9-10-11-12-13-14-15-16-17-27(34)37-22-24(39-29(36)21-19-26(32)33)23-38-28(35)20-18-25(30)31/h9-10,18-21,24H,2-8,11-17,22-23H2,1H3,(H,30,31)(H,32,33)/b10-9+,20-18+,21-19+. The van der Waals surface area contributed by atoms with E-state index in [0.717, 1.165) is 38.5 Å². The molecule has 0 spiro atoms. The molecule has 0 saturated heterocycles. The SMILES string of the molecule is CCCCCCCC/C=C/CCCCCCCC(=O)OCC(COC(=O)/C=C/C(=O)O)OC(=O)/C=C/C(=O)O. The Morgan fingerprint density at radius 1 is 0.615 bits per heavy atom. The molecule has 220 valence electrons. The van der Waals surface area contributed by atoms with E-state index < -0.39 is 49.2 Å². The van der Waals surface area contributed by atoms with Crippen LogP contribution in [0.15, 0.2) is 36.5 Å². The van der Waals surface area contributed by atoms with Crippen molar-refractivity contribution in [1.82, 2.24) is 0 Å². The van der Waals surface area contributed by atoms with Crippen molar-refractivity contribution in [3.63, 3.8) is 0 Å². The quantitative estimate of drug-likeness (QED) is 0.0530. The third-order valence-electron chi connectivity index (χ3n) is 5.49. The maximum atomic E-state index is 12.1. The van der Waals surface area contributed by atoms with Crippen molar-refractivity contribution in [3.8, 4) is 0 Å². The number of unbranched alkanes of at least 4 members (excludes halogenated alkanes) is 11. The average molecular weight is 553 g/mol. The number of ether oxygens (including phenoxy) is 3. The molecule has 2 N–H and O–H groups in total. The molecule has 0 aliphatic carbocycles. The predicted octanol–water partition coefficient (Wildman–Crippen LogP) is 5.30. The van der Waals surface area contributed by atoms with Gasteiger partial charge in [0.25, 0.3) is 0 Å². The number of carboxylic acid groups (broad SMARTS) is 2. The van der Waals surface area contributed by atoms with Gasteiger partial charge in [-0.1, -0.05) is 70.4 Å². The van der Waals surface area contributed by atoms with Crippen LogP contribution in [-0.4, -0.2) is 59.4 Å². The predicted molar refractivity (Wildman–Crippen MR) is 145 cm³/mol. The van der Waals surface area contributed by atoms with Gasteiger partial charge in [0.05, 0.1) is 0 Å². The Kier molecular flexibility index (Phi) is 22.7. The summed E-state index contributed by atoms with van der Waals surface area (Å²) in [4.78, 5) is 56.3. The van der Waals surface area contributed by atoms with Gasteiger partial charge in [-0.25, -0.2) is 19.2 Å². The van der Waals surface area contributed by atoms with Crippen LogP contribution in [0, 0.1) is 0 Å². The number of carbonyl (C=O) groups excluding carboxylic acids is 3. The molecular formula is C29H44O10. The molecule has 0 aromatic heterocycles. The van der Waals surface area contributed by atoms with Crippen LogP contribution >= 0.6 is 0 Å². The third-order valence-corrected chi connectivity index (χ3v) is 5.49. The average Bonchev–Trinajstić information content (AvgIpc) is 2.89. The molecule has 0 radical (unpaired) electrons. The Morgan fingerprint density at radius 3 is 1.67 bits per heavy atom. The van der Waals surface area contributed by atoms with Gasteiger partial charge in [-0.3, -0.25) is 4.79 Å². The van der Waals surface area contributed by atoms with E-state index in [4.69, 9.17) is 24.4 Å². The number of rotatable bonds is 24. The fourth-order valence-electron chi connectivity index (χ4n) is 3.42. The molecule has 0 heterocycles. The highest BCUT2D eigenvalue weighted by atomic mass is 16.6. The molecule has 0 aliphatic rings. The van der Waals surface area contributed by atoms with Crippen molar-refractivity contribution in [2.24, 2.45) is 0 Å². The van der Waals surface area contributed by atoms with Gasteiger partial charge >= 0.3 is 29.8 Å². The van der Waals surface area contributed by atoms with Crippen LogP contribution in [-0.2, 0) is 38.2 Å². The number of hydrogen-bond donors (Lipinski definition) is 2. The molecule has 0 saturated carbocycles. The van der Waals surface area contributed by atoms with Crippen LogP contribution in [0.5, 0.6) is 0 Å². The summed E-state index contributed by atoms with van der Waals surface area (Å²) in [7, 11) is 0.